The molecule has 2 heterocycles. The zero-order valence-corrected chi connectivity index (χ0v) is 16.4. The minimum atomic E-state index is -0.260. The normalized spacial score (nSPS) is 15.8. The van der Waals surface area contributed by atoms with Crippen molar-refractivity contribution in [1.82, 2.24) is 25.0 Å². The fourth-order valence-electron chi connectivity index (χ4n) is 3.32. The predicted molar refractivity (Wildman–Crippen MR) is 103 cm³/mol. The second kappa shape index (κ2) is 7.76. The summed E-state index contributed by atoms with van der Waals surface area (Å²) >= 11 is 6.23. The van der Waals surface area contributed by atoms with Gasteiger partial charge in [0, 0.05) is 12.1 Å². The van der Waals surface area contributed by atoms with Gasteiger partial charge in [-0.1, -0.05) is 30.2 Å². The van der Waals surface area contributed by atoms with E-state index in [0.717, 1.165) is 13.1 Å². The summed E-state index contributed by atoms with van der Waals surface area (Å²) in [4.78, 5) is 19.3. The minimum absolute atomic E-state index is 0.0869. The molecule has 0 atom stereocenters. The van der Waals surface area contributed by atoms with Gasteiger partial charge in [-0.3, -0.25) is 9.69 Å². The average Bonchev–Trinajstić information content (AvgIpc) is 3.02. The summed E-state index contributed by atoms with van der Waals surface area (Å²) in [5, 5.41) is 7.91. The van der Waals surface area contributed by atoms with Crippen LogP contribution in [0.15, 0.2) is 24.3 Å². The van der Waals surface area contributed by atoms with Crippen LogP contribution in [0, 0.1) is 6.92 Å². The number of nitrogens with one attached hydrogen (secondary N) is 1. The molecule has 0 saturated carbocycles. The van der Waals surface area contributed by atoms with Crippen LogP contribution in [-0.2, 0) is 0 Å². The van der Waals surface area contributed by atoms with E-state index in [1.54, 1.807) is 10.7 Å². The lowest BCUT2D eigenvalue weighted by atomic mass is 9.98. The number of aryl methyl sites for hydroxylation is 1. The molecule has 2 aromatic rings. The van der Waals surface area contributed by atoms with Gasteiger partial charge in [-0.2, -0.15) is 0 Å². The van der Waals surface area contributed by atoms with Gasteiger partial charge in [0.25, 0.3) is 5.91 Å². The van der Waals surface area contributed by atoms with Crippen molar-refractivity contribution >= 4 is 17.5 Å². The van der Waals surface area contributed by atoms with Crippen LogP contribution in [-0.4, -0.2) is 50.7 Å². The molecule has 3 rings (SSSR count). The molecule has 0 unspecified atom stereocenters. The fourth-order valence-corrected chi connectivity index (χ4v) is 3.54. The number of nitrogens with zero attached hydrogens (tertiary/aromatic N) is 4. The highest BCUT2D eigenvalue weighted by Gasteiger charge is 2.29. The summed E-state index contributed by atoms with van der Waals surface area (Å²) in [6, 6.07) is 7.38. The van der Waals surface area contributed by atoms with Crippen LogP contribution in [0.4, 0.5) is 0 Å². The maximum atomic E-state index is 12.6. The lowest BCUT2D eigenvalue weighted by Crippen LogP contribution is -2.53. The average molecular weight is 376 g/mol. The number of hydrogen-bond donors (Lipinski definition) is 1. The van der Waals surface area contributed by atoms with E-state index < -0.39 is 0 Å². The first kappa shape index (κ1) is 18.9. The van der Waals surface area contributed by atoms with E-state index >= 15 is 0 Å². The Labute approximate surface area is 159 Å². The van der Waals surface area contributed by atoms with Crippen molar-refractivity contribution in [2.45, 2.75) is 45.6 Å². The van der Waals surface area contributed by atoms with Crippen LogP contribution in [0.3, 0.4) is 0 Å². The molecule has 1 N–H and O–H groups in total. The summed E-state index contributed by atoms with van der Waals surface area (Å²) in [6.45, 7) is 8.87. The highest BCUT2D eigenvalue weighted by Crippen LogP contribution is 2.21. The van der Waals surface area contributed by atoms with Crippen LogP contribution >= 0.6 is 11.6 Å². The molecule has 0 aliphatic carbocycles. The van der Waals surface area contributed by atoms with E-state index in [9.17, 15) is 4.79 Å². The number of rotatable bonds is 5. The minimum Gasteiger partial charge on any atom is -0.347 e. The van der Waals surface area contributed by atoms with Crippen molar-refractivity contribution in [3.63, 3.8) is 0 Å². The molecule has 1 fully saturated rings. The molecule has 1 amide bonds. The first-order chi connectivity index (χ1) is 12.4. The van der Waals surface area contributed by atoms with Crippen LogP contribution in [0.1, 0.15) is 49.6 Å². The third kappa shape index (κ3) is 4.07. The van der Waals surface area contributed by atoms with E-state index in [2.05, 4.69) is 34.1 Å². The number of amides is 1. The molecule has 26 heavy (non-hydrogen) atoms. The maximum absolute atomic E-state index is 12.6. The molecular formula is C19H26ClN5O. The molecule has 140 valence electrons. The number of piperidine rings is 1. The van der Waals surface area contributed by atoms with Crippen LogP contribution in [0.5, 0.6) is 0 Å². The molecule has 1 aromatic heterocycles. The summed E-state index contributed by atoms with van der Waals surface area (Å²) < 4.78 is 1.60. The number of aromatic nitrogens is 3. The molecule has 6 nitrogen and oxygen atoms in total. The van der Waals surface area contributed by atoms with Crippen molar-refractivity contribution in [1.29, 1.82) is 0 Å². The second-order valence-corrected chi connectivity index (χ2v) is 7.80. The number of likely N-dealkylation sites (tertiary alicyclic amines) is 1. The molecule has 0 spiro atoms. The van der Waals surface area contributed by atoms with E-state index in [0.29, 0.717) is 23.1 Å². The summed E-state index contributed by atoms with van der Waals surface area (Å²) in [7, 11) is 0. The molecule has 7 heteroatoms. The molecule has 1 saturated heterocycles. The van der Waals surface area contributed by atoms with Gasteiger partial charge >= 0.3 is 0 Å². The van der Waals surface area contributed by atoms with Gasteiger partial charge in [-0.15, -0.1) is 5.10 Å². The Morgan fingerprint density at radius 1 is 1.23 bits per heavy atom. The van der Waals surface area contributed by atoms with Crippen molar-refractivity contribution in [3.05, 3.63) is 40.9 Å². The molecule has 0 radical (unpaired) electrons. The Kier molecular flexibility index (Phi) is 5.63. The number of carbonyl (C=O) groups is 1. The second-order valence-electron chi connectivity index (χ2n) is 7.39. The van der Waals surface area contributed by atoms with Gasteiger partial charge in [0.1, 0.15) is 5.82 Å². The molecule has 1 aromatic carbocycles. The third-order valence-electron chi connectivity index (χ3n) is 4.95. The summed E-state index contributed by atoms with van der Waals surface area (Å²) in [5.74, 6) is 0.527. The van der Waals surface area contributed by atoms with E-state index in [1.165, 1.54) is 19.3 Å². The SMILES string of the molecule is Cc1nc(C(=O)NCC(C)(C)N2CCCCC2)nn1-c1ccccc1Cl. The van der Waals surface area contributed by atoms with Crippen LogP contribution in [0.25, 0.3) is 5.69 Å². The van der Waals surface area contributed by atoms with Crippen LogP contribution < -0.4 is 5.32 Å². The monoisotopic (exact) mass is 375 g/mol. The number of para-hydroxylation sites is 1. The maximum Gasteiger partial charge on any atom is 0.291 e. The van der Waals surface area contributed by atoms with Gasteiger partial charge in [0.2, 0.25) is 5.82 Å². The number of carbonyl (C=O) groups excluding carboxylic acids is 1. The Morgan fingerprint density at radius 3 is 2.62 bits per heavy atom. The Balaban J connectivity index is 1.69. The Bertz CT molecular complexity index is 780. The zero-order valence-electron chi connectivity index (χ0n) is 15.6. The number of benzene rings is 1. The van der Waals surface area contributed by atoms with Crippen molar-refractivity contribution in [2.75, 3.05) is 19.6 Å². The Hall–Kier alpha value is -1.92. The van der Waals surface area contributed by atoms with Crippen LogP contribution in [0.2, 0.25) is 5.02 Å². The summed E-state index contributed by atoms with van der Waals surface area (Å²) in [6.07, 6.45) is 3.74. The molecule has 0 bridgehead atoms. The quantitative estimate of drug-likeness (QED) is 0.871. The van der Waals surface area contributed by atoms with E-state index in [4.69, 9.17) is 11.6 Å². The van der Waals surface area contributed by atoms with Crippen molar-refractivity contribution in [3.8, 4) is 5.69 Å². The number of halogens is 1. The molecular weight excluding hydrogens is 350 g/mol. The largest absolute Gasteiger partial charge is 0.347 e. The third-order valence-corrected chi connectivity index (χ3v) is 5.27. The van der Waals surface area contributed by atoms with Gasteiger partial charge < -0.3 is 5.32 Å². The highest BCUT2D eigenvalue weighted by molar-refractivity contribution is 6.32. The van der Waals surface area contributed by atoms with Crippen molar-refractivity contribution < 1.29 is 4.79 Å². The number of hydrogen-bond acceptors (Lipinski definition) is 4. The van der Waals surface area contributed by atoms with E-state index in [1.807, 2.05) is 25.1 Å². The zero-order chi connectivity index (χ0) is 18.7. The van der Waals surface area contributed by atoms with Gasteiger partial charge in [-0.05, 0) is 58.8 Å². The predicted octanol–water partition coefficient (Wildman–Crippen LogP) is 3.22. The smallest absolute Gasteiger partial charge is 0.291 e. The van der Waals surface area contributed by atoms with Gasteiger partial charge in [0.05, 0.1) is 10.7 Å². The first-order valence-electron chi connectivity index (χ1n) is 9.10. The first-order valence-corrected chi connectivity index (χ1v) is 9.48. The van der Waals surface area contributed by atoms with Gasteiger partial charge in [-0.25, -0.2) is 9.67 Å². The Morgan fingerprint density at radius 2 is 1.92 bits per heavy atom. The lowest BCUT2D eigenvalue weighted by Gasteiger charge is -2.41. The summed E-state index contributed by atoms with van der Waals surface area (Å²) in [5.41, 5.74) is 0.628. The fraction of sp³-hybridized carbons (Fsp3) is 0.526. The van der Waals surface area contributed by atoms with E-state index in [-0.39, 0.29) is 17.3 Å². The lowest BCUT2D eigenvalue weighted by molar-refractivity contribution is 0.0791. The topological polar surface area (TPSA) is 63.1 Å². The van der Waals surface area contributed by atoms with Gasteiger partial charge in [0.15, 0.2) is 0 Å². The molecule has 1 aliphatic rings. The standard InChI is InChI=1S/C19H26ClN5O/c1-14-22-17(23-25(14)16-10-6-5-9-15(16)20)18(26)21-13-19(2,3)24-11-7-4-8-12-24/h5-6,9-10H,4,7-8,11-13H2,1-3H3,(H,21,26). The highest BCUT2D eigenvalue weighted by atomic mass is 35.5. The van der Waals surface area contributed by atoms with Crippen molar-refractivity contribution in [2.24, 2.45) is 0 Å². The molecule has 1 aliphatic heterocycles.